The number of para-hydroxylation sites is 2. The summed E-state index contributed by atoms with van der Waals surface area (Å²) in [4.78, 5) is 12.1. The van der Waals surface area contributed by atoms with Gasteiger partial charge in [-0.15, -0.1) is 0 Å². The molecule has 0 saturated heterocycles. The summed E-state index contributed by atoms with van der Waals surface area (Å²) in [5.41, 5.74) is 0.805. The van der Waals surface area contributed by atoms with Gasteiger partial charge in [0, 0.05) is 11.6 Å². The molecule has 1 aromatic heterocycles. The van der Waals surface area contributed by atoms with Gasteiger partial charge in [-0.1, -0.05) is 41.4 Å². The largest absolute Gasteiger partial charge is 0.457 e. The van der Waals surface area contributed by atoms with Gasteiger partial charge in [0.1, 0.15) is 17.3 Å². The second kappa shape index (κ2) is 10.4. The second-order valence-electron chi connectivity index (χ2n) is 5.95. The molecule has 5 nitrogen and oxygen atoms in total. The first-order valence-electron chi connectivity index (χ1n) is 8.71. The van der Waals surface area contributed by atoms with Crippen molar-refractivity contribution < 1.29 is 22.7 Å². The van der Waals surface area contributed by atoms with Crippen LogP contribution in [0.15, 0.2) is 65.1 Å². The molecule has 1 amide bonds. The van der Waals surface area contributed by atoms with Crippen molar-refractivity contribution in [3.63, 3.8) is 0 Å². The minimum Gasteiger partial charge on any atom is -0.457 e. The smallest absolute Gasteiger partial charge is 0.387 e. The van der Waals surface area contributed by atoms with E-state index in [1.54, 1.807) is 36.4 Å². The molecule has 0 radical (unpaired) electrons. The number of thiocarbonyl (C=S) groups is 1. The average molecular weight is 483 g/mol. The van der Waals surface area contributed by atoms with Crippen molar-refractivity contribution in [1.82, 2.24) is 5.32 Å². The van der Waals surface area contributed by atoms with E-state index in [1.165, 1.54) is 30.4 Å². The summed E-state index contributed by atoms with van der Waals surface area (Å²) < 4.78 is 35.0. The van der Waals surface area contributed by atoms with Crippen LogP contribution in [-0.2, 0) is 4.79 Å². The molecule has 0 aliphatic carbocycles. The zero-order valence-corrected chi connectivity index (χ0v) is 17.9. The summed E-state index contributed by atoms with van der Waals surface area (Å²) in [7, 11) is 0. The number of carbonyl (C=O) groups is 1. The van der Waals surface area contributed by atoms with Crippen LogP contribution < -0.4 is 15.4 Å². The van der Waals surface area contributed by atoms with Gasteiger partial charge >= 0.3 is 6.61 Å². The summed E-state index contributed by atoms with van der Waals surface area (Å²) >= 11 is 17.2. The maximum Gasteiger partial charge on any atom is 0.387 e. The van der Waals surface area contributed by atoms with Crippen LogP contribution in [-0.4, -0.2) is 17.6 Å². The van der Waals surface area contributed by atoms with Crippen molar-refractivity contribution in [1.29, 1.82) is 0 Å². The maximum absolute atomic E-state index is 12.5. The molecule has 0 unspecified atom stereocenters. The van der Waals surface area contributed by atoms with E-state index in [-0.39, 0.29) is 16.5 Å². The van der Waals surface area contributed by atoms with Gasteiger partial charge in [0.15, 0.2) is 5.11 Å². The number of halogens is 4. The van der Waals surface area contributed by atoms with Crippen LogP contribution in [0.2, 0.25) is 10.0 Å². The van der Waals surface area contributed by atoms with Gasteiger partial charge in [0.05, 0.1) is 15.7 Å². The average Bonchev–Trinajstić information content (AvgIpc) is 3.18. The number of benzene rings is 2. The molecule has 0 fully saturated rings. The Hall–Kier alpha value is -2.94. The lowest BCUT2D eigenvalue weighted by Gasteiger charge is -2.13. The van der Waals surface area contributed by atoms with Gasteiger partial charge in [-0.25, -0.2) is 0 Å². The lowest BCUT2D eigenvalue weighted by Crippen LogP contribution is -2.33. The maximum atomic E-state index is 12.5. The molecular formula is C21H14Cl2F2N2O3S. The number of carbonyl (C=O) groups excluding carboxylic acids is 1. The van der Waals surface area contributed by atoms with Crippen LogP contribution in [0.5, 0.6) is 5.75 Å². The number of anilines is 1. The Kier molecular flexibility index (Phi) is 7.62. The Morgan fingerprint density at radius 3 is 2.65 bits per heavy atom. The zero-order chi connectivity index (χ0) is 22.4. The standard InChI is InChI=1S/C21H14Cl2F2N2O3S/c22-14-5-3-4-13(19(14)23)16-10-8-12(29-16)9-11-18(28)27-21(31)26-15-6-1-2-7-17(15)30-20(24)25/h1-11,20H,(H2,26,27,28,31). The van der Waals surface area contributed by atoms with Crippen LogP contribution in [0.1, 0.15) is 5.76 Å². The molecule has 0 saturated carbocycles. The van der Waals surface area contributed by atoms with Crippen LogP contribution in [0.4, 0.5) is 14.5 Å². The molecule has 160 valence electrons. The Morgan fingerprint density at radius 2 is 1.87 bits per heavy atom. The van der Waals surface area contributed by atoms with Crippen LogP contribution in [0, 0.1) is 0 Å². The van der Waals surface area contributed by atoms with Crippen molar-refractivity contribution in [2.75, 3.05) is 5.32 Å². The summed E-state index contributed by atoms with van der Waals surface area (Å²) in [6.45, 7) is -2.99. The quantitative estimate of drug-likeness (QED) is 0.315. The van der Waals surface area contributed by atoms with Gasteiger partial charge in [-0.3, -0.25) is 10.1 Å². The zero-order valence-electron chi connectivity index (χ0n) is 15.6. The third-order valence-corrected chi connectivity index (χ3v) is 4.85. The number of rotatable bonds is 6. The molecule has 0 aliphatic heterocycles. The fraction of sp³-hybridized carbons (Fsp3) is 0.0476. The Morgan fingerprint density at radius 1 is 1.10 bits per heavy atom. The molecule has 1 heterocycles. The molecule has 0 atom stereocenters. The Balaban J connectivity index is 1.61. The van der Waals surface area contributed by atoms with E-state index in [0.29, 0.717) is 27.1 Å². The van der Waals surface area contributed by atoms with Crippen LogP contribution in [0.25, 0.3) is 17.4 Å². The predicted octanol–water partition coefficient (Wildman–Crippen LogP) is 6.38. The third kappa shape index (κ3) is 6.27. The normalized spacial score (nSPS) is 11.0. The van der Waals surface area contributed by atoms with E-state index < -0.39 is 12.5 Å². The summed E-state index contributed by atoms with van der Waals surface area (Å²) in [6, 6.07) is 14.5. The first-order valence-corrected chi connectivity index (χ1v) is 9.88. The Labute approximate surface area is 191 Å². The van der Waals surface area contributed by atoms with Gasteiger partial charge in [-0.2, -0.15) is 8.78 Å². The fourth-order valence-electron chi connectivity index (χ4n) is 2.51. The predicted molar refractivity (Wildman–Crippen MR) is 121 cm³/mol. The van der Waals surface area contributed by atoms with E-state index in [2.05, 4.69) is 15.4 Å². The first-order chi connectivity index (χ1) is 14.8. The van der Waals surface area contributed by atoms with E-state index in [1.807, 2.05) is 0 Å². The van der Waals surface area contributed by atoms with E-state index in [4.69, 9.17) is 39.8 Å². The van der Waals surface area contributed by atoms with Crippen molar-refractivity contribution in [3.05, 3.63) is 76.5 Å². The fourth-order valence-corrected chi connectivity index (χ4v) is 3.12. The van der Waals surface area contributed by atoms with E-state index in [0.717, 1.165) is 0 Å². The lowest BCUT2D eigenvalue weighted by molar-refractivity contribution is -0.115. The number of hydrogen-bond donors (Lipinski definition) is 2. The molecule has 3 rings (SSSR count). The highest BCUT2D eigenvalue weighted by molar-refractivity contribution is 7.80. The molecule has 10 heteroatoms. The number of amides is 1. The molecule has 0 spiro atoms. The molecule has 0 aliphatic rings. The van der Waals surface area contributed by atoms with Crippen LogP contribution >= 0.6 is 35.4 Å². The van der Waals surface area contributed by atoms with Crippen molar-refractivity contribution >= 4 is 58.2 Å². The van der Waals surface area contributed by atoms with Crippen molar-refractivity contribution in [2.24, 2.45) is 0 Å². The van der Waals surface area contributed by atoms with Gasteiger partial charge in [0.25, 0.3) is 0 Å². The molecular weight excluding hydrogens is 469 g/mol. The third-order valence-electron chi connectivity index (χ3n) is 3.83. The van der Waals surface area contributed by atoms with E-state index in [9.17, 15) is 13.6 Å². The van der Waals surface area contributed by atoms with E-state index >= 15 is 0 Å². The molecule has 3 aromatic rings. The number of hydrogen-bond acceptors (Lipinski definition) is 4. The van der Waals surface area contributed by atoms with Gasteiger partial charge in [0.2, 0.25) is 5.91 Å². The minimum atomic E-state index is -2.99. The number of ether oxygens (including phenoxy) is 1. The highest BCUT2D eigenvalue weighted by Crippen LogP contribution is 2.34. The highest BCUT2D eigenvalue weighted by Gasteiger charge is 2.12. The SMILES string of the molecule is O=C(C=Cc1ccc(-c2cccc(Cl)c2Cl)o1)NC(=S)Nc1ccccc1OC(F)F. The highest BCUT2D eigenvalue weighted by atomic mass is 35.5. The van der Waals surface area contributed by atoms with Crippen LogP contribution in [0.3, 0.4) is 0 Å². The number of furan rings is 1. The van der Waals surface area contributed by atoms with Gasteiger partial charge < -0.3 is 14.5 Å². The number of nitrogens with one attached hydrogen (secondary N) is 2. The van der Waals surface area contributed by atoms with Crippen molar-refractivity contribution in [2.45, 2.75) is 6.61 Å². The molecule has 2 N–H and O–H groups in total. The molecule has 2 aromatic carbocycles. The molecule has 31 heavy (non-hydrogen) atoms. The monoisotopic (exact) mass is 482 g/mol. The first kappa shape index (κ1) is 22.7. The summed E-state index contributed by atoms with van der Waals surface area (Å²) in [5.74, 6) is 0.229. The molecule has 0 bridgehead atoms. The lowest BCUT2D eigenvalue weighted by atomic mass is 10.2. The summed E-state index contributed by atoms with van der Waals surface area (Å²) in [5, 5.41) is 5.71. The Bertz CT molecular complexity index is 1140. The summed E-state index contributed by atoms with van der Waals surface area (Å²) in [6.07, 6.45) is 2.64. The topological polar surface area (TPSA) is 63.5 Å². The number of alkyl halides is 2. The second-order valence-corrected chi connectivity index (χ2v) is 7.15. The van der Waals surface area contributed by atoms with Crippen molar-refractivity contribution in [3.8, 4) is 17.1 Å². The minimum absolute atomic E-state index is 0.0918. The van der Waals surface area contributed by atoms with Gasteiger partial charge in [-0.05, 0) is 54.7 Å².